The average molecular weight is 318 g/mol. The number of hydrogen-bond acceptors (Lipinski definition) is 4. The molecule has 0 aromatic carbocycles. The van der Waals surface area contributed by atoms with Crippen LogP contribution in [-0.2, 0) is 0 Å². The van der Waals surface area contributed by atoms with E-state index in [4.69, 9.17) is 0 Å². The Morgan fingerprint density at radius 2 is 1.96 bits per heavy atom. The molecule has 2 rings (SSSR count). The topological polar surface area (TPSA) is 65.5 Å². The second kappa shape index (κ2) is 8.06. The van der Waals surface area contributed by atoms with E-state index >= 15 is 0 Å². The summed E-state index contributed by atoms with van der Waals surface area (Å²) in [5, 5.41) is 2.87. The molecule has 2 amide bonds. The zero-order valence-corrected chi connectivity index (χ0v) is 14.2. The maximum atomic E-state index is 12.6. The van der Waals surface area contributed by atoms with Gasteiger partial charge >= 0.3 is 0 Å². The van der Waals surface area contributed by atoms with Crippen molar-refractivity contribution in [1.82, 2.24) is 20.1 Å². The first-order valence-corrected chi connectivity index (χ1v) is 8.33. The molecular formula is C17H26N4O2. The van der Waals surface area contributed by atoms with Crippen molar-refractivity contribution in [1.29, 1.82) is 0 Å². The molecular weight excluding hydrogens is 292 g/mol. The Bertz CT molecular complexity index is 553. The van der Waals surface area contributed by atoms with Gasteiger partial charge in [0, 0.05) is 44.0 Å². The molecule has 0 radical (unpaired) electrons. The number of amides is 2. The Balaban J connectivity index is 2.04. The van der Waals surface area contributed by atoms with Gasteiger partial charge in [0.05, 0.1) is 0 Å². The lowest BCUT2D eigenvalue weighted by Crippen LogP contribution is -2.48. The Kier molecular flexibility index (Phi) is 6.10. The molecule has 126 valence electrons. The summed E-state index contributed by atoms with van der Waals surface area (Å²) < 4.78 is 0. The predicted molar refractivity (Wildman–Crippen MR) is 89.5 cm³/mol. The van der Waals surface area contributed by atoms with Gasteiger partial charge in [0.25, 0.3) is 11.8 Å². The summed E-state index contributed by atoms with van der Waals surface area (Å²) in [4.78, 5) is 33.0. The van der Waals surface area contributed by atoms with Crippen LogP contribution in [0.25, 0.3) is 0 Å². The molecule has 0 aliphatic carbocycles. The summed E-state index contributed by atoms with van der Waals surface area (Å²) >= 11 is 0. The molecule has 1 N–H and O–H groups in total. The van der Waals surface area contributed by atoms with Gasteiger partial charge in [-0.1, -0.05) is 13.8 Å². The van der Waals surface area contributed by atoms with Crippen LogP contribution in [0, 0.1) is 0 Å². The van der Waals surface area contributed by atoms with E-state index in [2.05, 4.69) is 22.1 Å². The number of carbonyl (C=O) groups excluding carboxylic acids is 2. The number of nitrogens with zero attached hydrogens (tertiary/aromatic N) is 3. The maximum absolute atomic E-state index is 12.6. The molecule has 6 nitrogen and oxygen atoms in total. The van der Waals surface area contributed by atoms with Crippen LogP contribution in [0.1, 0.15) is 48.0 Å². The molecule has 1 aromatic rings. The lowest BCUT2D eigenvalue weighted by atomic mass is 10.1. The number of piperazine rings is 1. The van der Waals surface area contributed by atoms with E-state index in [0.717, 1.165) is 39.1 Å². The number of likely N-dealkylation sites (N-methyl/N-ethyl adjacent to an activating group) is 1. The minimum absolute atomic E-state index is 0.0271. The standard InChI is InChI=1S/C17H26N4O2/c1-4-13(3)19-16(22)15-12-14(6-7-18-15)17(23)21-10-8-20(5-2)9-11-21/h6-7,12-13H,4-5,8-11H2,1-3H3,(H,19,22). The third-order valence-corrected chi connectivity index (χ3v) is 4.34. The molecule has 6 heteroatoms. The van der Waals surface area contributed by atoms with E-state index < -0.39 is 0 Å². The number of carbonyl (C=O) groups is 2. The number of aromatic nitrogens is 1. The lowest BCUT2D eigenvalue weighted by Gasteiger charge is -2.34. The second-order valence-corrected chi connectivity index (χ2v) is 5.94. The van der Waals surface area contributed by atoms with Gasteiger partial charge in [-0.3, -0.25) is 14.6 Å². The van der Waals surface area contributed by atoms with E-state index in [1.54, 1.807) is 12.1 Å². The first-order chi connectivity index (χ1) is 11.0. The van der Waals surface area contributed by atoms with Crippen molar-refractivity contribution in [3.63, 3.8) is 0 Å². The zero-order valence-electron chi connectivity index (χ0n) is 14.2. The van der Waals surface area contributed by atoms with Crippen LogP contribution in [0.2, 0.25) is 0 Å². The van der Waals surface area contributed by atoms with Crippen molar-refractivity contribution < 1.29 is 9.59 Å². The Morgan fingerprint density at radius 3 is 2.57 bits per heavy atom. The highest BCUT2D eigenvalue weighted by molar-refractivity contribution is 5.98. The summed E-state index contributed by atoms with van der Waals surface area (Å²) in [5.41, 5.74) is 0.822. The summed E-state index contributed by atoms with van der Waals surface area (Å²) in [6.07, 6.45) is 2.38. The molecule has 2 heterocycles. The summed E-state index contributed by atoms with van der Waals surface area (Å²) in [6.45, 7) is 10.3. The van der Waals surface area contributed by atoms with E-state index in [1.165, 1.54) is 6.20 Å². The molecule has 23 heavy (non-hydrogen) atoms. The molecule has 1 aliphatic rings. The second-order valence-electron chi connectivity index (χ2n) is 5.94. The van der Waals surface area contributed by atoms with Crippen molar-refractivity contribution in [3.05, 3.63) is 29.6 Å². The lowest BCUT2D eigenvalue weighted by molar-refractivity contribution is 0.0643. The van der Waals surface area contributed by atoms with Gasteiger partial charge in [0.1, 0.15) is 5.69 Å². The van der Waals surface area contributed by atoms with Crippen molar-refractivity contribution in [2.24, 2.45) is 0 Å². The molecule has 0 saturated carbocycles. The van der Waals surface area contributed by atoms with Crippen molar-refractivity contribution in [3.8, 4) is 0 Å². The fraction of sp³-hybridized carbons (Fsp3) is 0.588. The van der Waals surface area contributed by atoms with Gasteiger partial charge in [0.2, 0.25) is 0 Å². The highest BCUT2D eigenvalue weighted by atomic mass is 16.2. The van der Waals surface area contributed by atoms with Gasteiger partial charge < -0.3 is 15.1 Å². The van der Waals surface area contributed by atoms with Crippen LogP contribution < -0.4 is 5.32 Å². The van der Waals surface area contributed by atoms with Crippen LogP contribution in [0.5, 0.6) is 0 Å². The first-order valence-electron chi connectivity index (χ1n) is 8.33. The van der Waals surface area contributed by atoms with Crippen molar-refractivity contribution >= 4 is 11.8 Å². The van der Waals surface area contributed by atoms with Crippen LogP contribution in [0.4, 0.5) is 0 Å². The largest absolute Gasteiger partial charge is 0.348 e. The predicted octanol–water partition coefficient (Wildman–Crippen LogP) is 1.39. The van der Waals surface area contributed by atoms with E-state index in [9.17, 15) is 9.59 Å². The van der Waals surface area contributed by atoms with E-state index in [0.29, 0.717) is 11.3 Å². The SMILES string of the molecule is CCC(C)NC(=O)c1cc(C(=O)N2CCN(CC)CC2)ccn1. The van der Waals surface area contributed by atoms with Crippen LogP contribution in [0.3, 0.4) is 0 Å². The molecule has 0 spiro atoms. The van der Waals surface area contributed by atoms with E-state index in [-0.39, 0.29) is 17.9 Å². The smallest absolute Gasteiger partial charge is 0.270 e. The third kappa shape index (κ3) is 4.51. The number of pyridine rings is 1. The summed E-state index contributed by atoms with van der Waals surface area (Å²) in [7, 11) is 0. The van der Waals surface area contributed by atoms with Crippen molar-refractivity contribution in [2.75, 3.05) is 32.7 Å². The molecule has 0 bridgehead atoms. The average Bonchev–Trinajstić information content (AvgIpc) is 2.61. The molecule has 1 saturated heterocycles. The molecule has 1 atom stereocenters. The minimum Gasteiger partial charge on any atom is -0.348 e. The van der Waals surface area contributed by atoms with Gasteiger partial charge in [-0.2, -0.15) is 0 Å². The third-order valence-electron chi connectivity index (χ3n) is 4.34. The molecule has 1 aromatic heterocycles. The highest BCUT2D eigenvalue weighted by Gasteiger charge is 2.22. The van der Waals surface area contributed by atoms with Gasteiger partial charge in [-0.05, 0) is 32.0 Å². The number of hydrogen-bond donors (Lipinski definition) is 1. The monoisotopic (exact) mass is 318 g/mol. The number of nitrogens with one attached hydrogen (secondary N) is 1. The van der Waals surface area contributed by atoms with Crippen LogP contribution >= 0.6 is 0 Å². The van der Waals surface area contributed by atoms with Gasteiger partial charge in [0.15, 0.2) is 0 Å². The fourth-order valence-corrected chi connectivity index (χ4v) is 2.54. The maximum Gasteiger partial charge on any atom is 0.270 e. The first kappa shape index (κ1) is 17.4. The minimum atomic E-state index is -0.232. The van der Waals surface area contributed by atoms with Gasteiger partial charge in [-0.25, -0.2) is 0 Å². The molecule has 1 unspecified atom stereocenters. The number of rotatable bonds is 5. The zero-order chi connectivity index (χ0) is 16.8. The Hall–Kier alpha value is -1.95. The van der Waals surface area contributed by atoms with Crippen LogP contribution in [-0.4, -0.2) is 65.4 Å². The Labute approximate surface area is 137 Å². The Morgan fingerprint density at radius 1 is 1.26 bits per heavy atom. The highest BCUT2D eigenvalue weighted by Crippen LogP contribution is 2.10. The quantitative estimate of drug-likeness (QED) is 0.891. The molecule has 1 aliphatic heterocycles. The summed E-state index contributed by atoms with van der Waals surface area (Å²) in [6, 6.07) is 3.35. The van der Waals surface area contributed by atoms with E-state index in [1.807, 2.05) is 18.7 Å². The van der Waals surface area contributed by atoms with Crippen molar-refractivity contribution in [2.45, 2.75) is 33.2 Å². The fourth-order valence-electron chi connectivity index (χ4n) is 2.54. The normalized spacial score (nSPS) is 16.9. The summed E-state index contributed by atoms with van der Waals surface area (Å²) in [5.74, 6) is -0.259. The van der Waals surface area contributed by atoms with Crippen LogP contribution in [0.15, 0.2) is 18.3 Å². The molecule has 1 fully saturated rings. The van der Waals surface area contributed by atoms with Gasteiger partial charge in [-0.15, -0.1) is 0 Å².